The van der Waals surface area contributed by atoms with Crippen LogP contribution in [0, 0.1) is 0 Å². The summed E-state index contributed by atoms with van der Waals surface area (Å²) in [6, 6.07) is 0. The molecule has 3 heterocycles. The van der Waals surface area contributed by atoms with Crippen molar-refractivity contribution in [1.29, 1.82) is 0 Å². The van der Waals surface area contributed by atoms with Crippen LogP contribution in [0.4, 0.5) is 5.95 Å². The second kappa shape index (κ2) is 5.67. The van der Waals surface area contributed by atoms with Crippen molar-refractivity contribution in [3.8, 4) is 0 Å². The van der Waals surface area contributed by atoms with Crippen LogP contribution in [0.3, 0.4) is 0 Å². The van der Waals surface area contributed by atoms with E-state index < -0.39 is 5.79 Å². The number of aromatic nitrogens is 4. The Morgan fingerprint density at radius 3 is 3.09 bits per heavy atom. The molecule has 3 rings (SSSR count). The standard InChI is InChI=1S/C12H14ClN5O4/c1-12(2)20-3-7(22-12)4-21-18-5-14-8-9(13)16-11(15-6-19)17-10(8)18/h5-7H,3-4H2,1-2H3,(H,15,16,17,19). The normalized spacial score (nSPS) is 20.2. The number of ether oxygens (including phenoxy) is 2. The number of rotatable bonds is 5. The lowest BCUT2D eigenvalue weighted by Crippen LogP contribution is -2.28. The van der Waals surface area contributed by atoms with Crippen LogP contribution >= 0.6 is 11.6 Å². The van der Waals surface area contributed by atoms with E-state index in [0.717, 1.165) is 0 Å². The van der Waals surface area contributed by atoms with Crippen molar-refractivity contribution in [2.75, 3.05) is 18.5 Å². The van der Waals surface area contributed by atoms with E-state index in [0.29, 0.717) is 24.2 Å². The molecule has 1 N–H and O–H groups in total. The molecule has 1 atom stereocenters. The molecule has 0 aromatic carbocycles. The fourth-order valence-electron chi connectivity index (χ4n) is 2.07. The molecule has 0 bridgehead atoms. The van der Waals surface area contributed by atoms with Crippen molar-refractivity contribution in [3.63, 3.8) is 0 Å². The number of nitrogens with zero attached hydrogens (tertiary/aromatic N) is 4. The highest BCUT2D eigenvalue weighted by Crippen LogP contribution is 2.23. The Labute approximate surface area is 130 Å². The lowest BCUT2D eigenvalue weighted by molar-refractivity contribution is -0.145. The minimum absolute atomic E-state index is 0.0689. The second-order valence-electron chi connectivity index (χ2n) is 5.09. The van der Waals surface area contributed by atoms with Crippen LogP contribution in [0.15, 0.2) is 6.33 Å². The topological polar surface area (TPSA) is 100 Å². The summed E-state index contributed by atoms with van der Waals surface area (Å²) >= 11 is 5.99. The van der Waals surface area contributed by atoms with Crippen LogP contribution in [0.1, 0.15) is 13.8 Å². The summed E-state index contributed by atoms with van der Waals surface area (Å²) in [6.45, 7) is 4.37. The lowest BCUT2D eigenvalue weighted by Gasteiger charge is -2.17. The fraction of sp³-hybridized carbons (Fsp3) is 0.500. The molecule has 2 aromatic heterocycles. The number of hydrogen-bond donors (Lipinski definition) is 1. The van der Waals surface area contributed by atoms with Gasteiger partial charge in [-0.2, -0.15) is 14.7 Å². The van der Waals surface area contributed by atoms with Gasteiger partial charge in [0.1, 0.15) is 24.6 Å². The van der Waals surface area contributed by atoms with Crippen LogP contribution in [0.25, 0.3) is 11.2 Å². The first kappa shape index (κ1) is 14.9. The molecule has 0 spiro atoms. The van der Waals surface area contributed by atoms with E-state index in [9.17, 15) is 4.79 Å². The number of halogens is 1. The molecule has 0 saturated carbocycles. The summed E-state index contributed by atoms with van der Waals surface area (Å²) in [4.78, 5) is 28.2. The van der Waals surface area contributed by atoms with E-state index in [2.05, 4.69) is 20.3 Å². The van der Waals surface area contributed by atoms with Gasteiger partial charge in [0.15, 0.2) is 10.9 Å². The van der Waals surface area contributed by atoms with Crippen molar-refractivity contribution in [1.82, 2.24) is 19.7 Å². The SMILES string of the molecule is CC1(C)OCC(COn2cnc3c(Cl)nc(NC=O)nc32)O1. The van der Waals surface area contributed by atoms with Gasteiger partial charge in [-0.25, -0.2) is 4.98 Å². The maximum absolute atomic E-state index is 10.5. The Bertz CT molecular complexity index is 704. The molecule has 1 aliphatic heterocycles. The summed E-state index contributed by atoms with van der Waals surface area (Å²) in [5.74, 6) is -0.545. The number of carbonyl (C=O) groups excluding carboxylic acids is 1. The van der Waals surface area contributed by atoms with E-state index in [1.165, 1.54) is 11.1 Å². The van der Waals surface area contributed by atoms with E-state index in [1.807, 2.05) is 13.8 Å². The predicted molar refractivity (Wildman–Crippen MR) is 76.4 cm³/mol. The van der Waals surface area contributed by atoms with Crippen LogP contribution < -0.4 is 10.2 Å². The van der Waals surface area contributed by atoms with Gasteiger partial charge in [-0.05, 0) is 13.8 Å². The monoisotopic (exact) mass is 327 g/mol. The molecule has 2 aromatic rings. The van der Waals surface area contributed by atoms with Gasteiger partial charge in [0.05, 0.1) is 6.61 Å². The smallest absolute Gasteiger partial charge is 0.232 e. The molecular weight excluding hydrogens is 314 g/mol. The molecule has 0 radical (unpaired) electrons. The number of hydrogen-bond acceptors (Lipinski definition) is 7. The van der Waals surface area contributed by atoms with Crippen molar-refractivity contribution >= 4 is 35.1 Å². The number of nitrogens with one attached hydrogen (secondary N) is 1. The van der Waals surface area contributed by atoms with Gasteiger partial charge < -0.3 is 14.3 Å². The third kappa shape index (κ3) is 2.96. The molecule has 1 fully saturated rings. The molecular formula is C12H14ClN5O4. The summed E-state index contributed by atoms with van der Waals surface area (Å²) in [7, 11) is 0. The number of anilines is 1. The lowest BCUT2D eigenvalue weighted by atomic mass is 10.4. The summed E-state index contributed by atoms with van der Waals surface area (Å²) in [5.41, 5.74) is 0.726. The van der Waals surface area contributed by atoms with Gasteiger partial charge in [0.2, 0.25) is 18.0 Å². The zero-order valence-corrected chi connectivity index (χ0v) is 12.7. The van der Waals surface area contributed by atoms with Gasteiger partial charge in [-0.15, -0.1) is 0 Å². The molecule has 9 nitrogen and oxygen atoms in total. The Kier molecular flexibility index (Phi) is 3.85. The maximum atomic E-state index is 10.5. The van der Waals surface area contributed by atoms with Crippen molar-refractivity contribution < 1.29 is 19.1 Å². The first-order valence-corrected chi connectivity index (χ1v) is 6.92. The molecule has 0 aliphatic carbocycles. The Morgan fingerprint density at radius 1 is 1.59 bits per heavy atom. The first-order chi connectivity index (χ1) is 10.5. The number of carbonyl (C=O) groups is 1. The van der Waals surface area contributed by atoms with E-state index in [4.69, 9.17) is 25.9 Å². The quantitative estimate of drug-likeness (QED) is 0.635. The van der Waals surface area contributed by atoms with Gasteiger partial charge >= 0.3 is 0 Å². The van der Waals surface area contributed by atoms with Crippen molar-refractivity contribution in [3.05, 3.63) is 11.5 Å². The van der Waals surface area contributed by atoms with E-state index in [1.54, 1.807) is 0 Å². The third-order valence-electron chi connectivity index (χ3n) is 2.98. The van der Waals surface area contributed by atoms with Crippen LogP contribution in [0.2, 0.25) is 5.15 Å². The zero-order valence-electron chi connectivity index (χ0n) is 11.9. The number of amides is 1. The molecule has 1 unspecified atom stereocenters. The average Bonchev–Trinajstić information content (AvgIpc) is 3.00. The molecule has 1 aliphatic rings. The van der Waals surface area contributed by atoms with E-state index >= 15 is 0 Å². The van der Waals surface area contributed by atoms with Gasteiger partial charge in [0.25, 0.3) is 0 Å². The molecule has 22 heavy (non-hydrogen) atoms. The first-order valence-electron chi connectivity index (χ1n) is 6.54. The Balaban J connectivity index is 1.78. The molecule has 118 valence electrons. The number of imidazole rings is 1. The zero-order chi connectivity index (χ0) is 15.7. The average molecular weight is 328 g/mol. The molecule has 10 heteroatoms. The van der Waals surface area contributed by atoms with Crippen LogP contribution in [-0.2, 0) is 14.3 Å². The van der Waals surface area contributed by atoms with Gasteiger partial charge in [-0.1, -0.05) is 11.6 Å². The largest absolute Gasteiger partial charge is 0.408 e. The minimum atomic E-state index is -0.614. The Hall–Kier alpha value is -1.97. The Morgan fingerprint density at radius 2 is 2.41 bits per heavy atom. The highest BCUT2D eigenvalue weighted by Gasteiger charge is 2.33. The second-order valence-corrected chi connectivity index (χ2v) is 5.45. The predicted octanol–water partition coefficient (Wildman–Crippen LogP) is 0.628. The van der Waals surface area contributed by atoms with Crippen molar-refractivity contribution in [2.45, 2.75) is 25.7 Å². The number of fused-ring (bicyclic) bond motifs is 1. The van der Waals surface area contributed by atoms with Gasteiger partial charge in [-0.3, -0.25) is 10.1 Å². The molecule has 1 amide bonds. The highest BCUT2D eigenvalue weighted by atomic mass is 35.5. The summed E-state index contributed by atoms with van der Waals surface area (Å²) in [5, 5.41) is 2.46. The summed E-state index contributed by atoms with van der Waals surface area (Å²) < 4.78 is 12.5. The summed E-state index contributed by atoms with van der Waals surface area (Å²) in [6.07, 6.45) is 1.69. The van der Waals surface area contributed by atoms with Crippen LogP contribution in [0.5, 0.6) is 0 Å². The fourth-order valence-corrected chi connectivity index (χ4v) is 2.28. The van der Waals surface area contributed by atoms with E-state index in [-0.39, 0.29) is 23.8 Å². The highest BCUT2D eigenvalue weighted by molar-refractivity contribution is 6.33. The third-order valence-corrected chi connectivity index (χ3v) is 3.24. The molecule has 1 saturated heterocycles. The minimum Gasteiger partial charge on any atom is -0.408 e. The van der Waals surface area contributed by atoms with Crippen molar-refractivity contribution in [2.24, 2.45) is 0 Å². The van der Waals surface area contributed by atoms with Gasteiger partial charge in [0, 0.05) is 0 Å². The van der Waals surface area contributed by atoms with Crippen LogP contribution in [-0.4, -0.2) is 51.2 Å². The maximum Gasteiger partial charge on any atom is 0.232 e.